The van der Waals surface area contributed by atoms with Gasteiger partial charge < -0.3 is 5.32 Å². The summed E-state index contributed by atoms with van der Waals surface area (Å²) in [5, 5.41) is 6.12. The molecule has 1 atom stereocenters. The number of rotatable bonds is 3. The van der Waals surface area contributed by atoms with Gasteiger partial charge in [0, 0.05) is 6.54 Å². The van der Waals surface area contributed by atoms with Crippen molar-refractivity contribution in [3.8, 4) is 0 Å². The summed E-state index contributed by atoms with van der Waals surface area (Å²) in [4.78, 5) is 16.2. The van der Waals surface area contributed by atoms with Gasteiger partial charge in [-0.2, -0.15) is 0 Å². The van der Waals surface area contributed by atoms with Gasteiger partial charge in [-0.05, 0) is 25.2 Å². The highest BCUT2D eigenvalue weighted by Gasteiger charge is 2.34. The van der Waals surface area contributed by atoms with Crippen LogP contribution in [0, 0.1) is 5.92 Å². The Kier molecular flexibility index (Phi) is 4.40. The highest BCUT2D eigenvalue weighted by Crippen LogP contribution is 2.26. The quantitative estimate of drug-likeness (QED) is 0.736. The van der Waals surface area contributed by atoms with Gasteiger partial charge in [-0.25, -0.2) is 0 Å². The minimum Gasteiger partial charge on any atom is -0.344 e. The molecule has 0 bridgehead atoms. The van der Waals surface area contributed by atoms with Crippen LogP contribution >= 0.6 is 0 Å². The van der Waals surface area contributed by atoms with E-state index >= 15 is 0 Å². The Morgan fingerprint density at radius 2 is 1.94 bits per heavy atom. The van der Waals surface area contributed by atoms with Crippen LogP contribution < -0.4 is 10.6 Å². The van der Waals surface area contributed by atoms with E-state index in [1.54, 1.807) is 0 Å². The van der Waals surface area contributed by atoms with Crippen LogP contribution in [0.25, 0.3) is 0 Å². The molecule has 0 aromatic heterocycles. The minimum absolute atomic E-state index is 0.0382. The van der Waals surface area contributed by atoms with Gasteiger partial charge in [-0.15, -0.1) is 0 Å². The van der Waals surface area contributed by atoms with Crippen LogP contribution in [0.5, 0.6) is 0 Å². The fourth-order valence-electron chi connectivity index (χ4n) is 2.73. The Morgan fingerprint density at radius 3 is 2.59 bits per heavy atom. The SMILES string of the molecule is CCCN=C1NC(=O)C(C2CCCCCC2)N1. The number of nitrogens with zero attached hydrogens (tertiary/aromatic N) is 1. The number of carbonyl (C=O) groups is 1. The topological polar surface area (TPSA) is 53.5 Å². The van der Waals surface area contributed by atoms with Crippen molar-refractivity contribution in [2.75, 3.05) is 6.54 Å². The van der Waals surface area contributed by atoms with Crippen molar-refractivity contribution < 1.29 is 4.79 Å². The molecule has 2 fully saturated rings. The molecular formula is C13H23N3O. The molecule has 1 saturated carbocycles. The summed E-state index contributed by atoms with van der Waals surface area (Å²) in [6.07, 6.45) is 8.52. The van der Waals surface area contributed by atoms with Gasteiger partial charge in [0.2, 0.25) is 5.91 Å². The van der Waals surface area contributed by atoms with Gasteiger partial charge in [-0.3, -0.25) is 15.1 Å². The molecule has 1 aliphatic heterocycles. The Bertz CT molecular complexity index is 293. The van der Waals surface area contributed by atoms with E-state index in [1.165, 1.54) is 38.5 Å². The van der Waals surface area contributed by atoms with Crippen molar-refractivity contribution in [1.29, 1.82) is 0 Å². The van der Waals surface area contributed by atoms with Crippen LogP contribution in [0.3, 0.4) is 0 Å². The molecule has 0 spiro atoms. The summed E-state index contributed by atoms with van der Waals surface area (Å²) in [6, 6.07) is -0.0382. The first-order valence-electron chi connectivity index (χ1n) is 6.93. The maximum absolute atomic E-state index is 11.9. The van der Waals surface area contributed by atoms with Crippen molar-refractivity contribution in [3.05, 3.63) is 0 Å². The van der Waals surface area contributed by atoms with Crippen molar-refractivity contribution in [1.82, 2.24) is 10.6 Å². The number of amides is 1. The summed E-state index contributed by atoms with van der Waals surface area (Å²) < 4.78 is 0. The fraction of sp³-hybridized carbons (Fsp3) is 0.846. The third-order valence-corrected chi connectivity index (χ3v) is 3.68. The molecule has 0 aromatic carbocycles. The average Bonchev–Trinajstić information content (AvgIpc) is 2.56. The molecule has 1 amide bonds. The van der Waals surface area contributed by atoms with Crippen LogP contribution in [0.4, 0.5) is 0 Å². The van der Waals surface area contributed by atoms with Gasteiger partial charge >= 0.3 is 0 Å². The zero-order valence-corrected chi connectivity index (χ0v) is 10.7. The molecule has 1 heterocycles. The normalized spacial score (nSPS) is 28.9. The number of nitrogens with one attached hydrogen (secondary N) is 2. The lowest BCUT2D eigenvalue weighted by Crippen LogP contribution is -2.36. The van der Waals surface area contributed by atoms with Crippen LogP contribution in [0.2, 0.25) is 0 Å². The van der Waals surface area contributed by atoms with Gasteiger partial charge in [-0.1, -0.05) is 32.6 Å². The molecule has 1 saturated heterocycles. The molecule has 4 nitrogen and oxygen atoms in total. The highest BCUT2D eigenvalue weighted by molar-refractivity contribution is 6.06. The molecule has 1 unspecified atom stereocenters. The largest absolute Gasteiger partial charge is 0.344 e. The van der Waals surface area contributed by atoms with E-state index in [1.807, 2.05) is 0 Å². The lowest BCUT2D eigenvalue weighted by Gasteiger charge is -2.19. The number of hydrogen-bond acceptors (Lipinski definition) is 2. The number of hydrogen-bond donors (Lipinski definition) is 2. The molecule has 0 aromatic rings. The van der Waals surface area contributed by atoms with Gasteiger partial charge in [0.1, 0.15) is 6.04 Å². The van der Waals surface area contributed by atoms with Gasteiger partial charge in [0.15, 0.2) is 5.96 Å². The lowest BCUT2D eigenvalue weighted by molar-refractivity contribution is -0.121. The molecule has 2 N–H and O–H groups in total. The van der Waals surface area contributed by atoms with Crippen LogP contribution in [0.15, 0.2) is 4.99 Å². The van der Waals surface area contributed by atoms with Crippen molar-refractivity contribution >= 4 is 11.9 Å². The van der Waals surface area contributed by atoms with Crippen molar-refractivity contribution in [2.45, 2.75) is 57.9 Å². The molecular weight excluding hydrogens is 214 g/mol. The van der Waals surface area contributed by atoms with E-state index in [4.69, 9.17) is 0 Å². The molecule has 4 heteroatoms. The zero-order chi connectivity index (χ0) is 12.1. The minimum atomic E-state index is -0.0382. The second kappa shape index (κ2) is 6.03. The Labute approximate surface area is 103 Å². The van der Waals surface area contributed by atoms with Crippen molar-refractivity contribution in [3.63, 3.8) is 0 Å². The third kappa shape index (κ3) is 3.20. The standard InChI is InChI=1S/C13H23N3O/c1-2-9-14-13-15-11(12(17)16-13)10-7-5-3-4-6-8-10/h10-11H,2-9H2,1H3,(H2,14,15,16,17). The Hall–Kier alpha value is -1.06. The van der Waals surface area contributed by atoms with E-state index in [9.17, 15) is 4.79 Å². The number of guanidine groups is 1. The molecule has 96 valence electrons. The van der Waals surface area contributed by atoms with E-state index < -0.39 is 0 Å². The Balaban J connectivity index is 1.94. The summed E-state index contributed by atoms with van der Waals surface area (Å²) in [7, 11) is 0. The predicted molar refractivity (Wildman–Crippen MR) is 68.9 cm³/mol. The average molecular weight is 237 g/mol. The van der Waals surface area contributed by atoms with E-state index in [2.05, 4.69) is 22.5 Å². The molecule has 2 aliphatic rings. The first kappa shape index (κ1) is 12.4. The first-order chi connectivity index (χ1) is 8.31. The molecule has 17 heavy (non-hydrogen) atoms. The van der Waals surface area contributed by atoms with E-state index in [0.29, 0.717) is 11.9 Å². The number of aliphatic imine (C=N–C) groups is 1. The first-order valence-corrected chi connectivity index (χ1v) is 6.93. The molecule has 1 aliphatic carbocycles. The van der Waals surface area contributed by atoms with Crippen LogP contribution in [-0.4, -0.2) is 24.5 Å². The van der Waals surface area contributed by atoms with Crippen LogP contribution in [0.1, 0.15) is 51.9 Å². The second-order valence-electron chi connectivity index (χ2n) is 5.09. The lowest BCUT2D eigenvalue weighted by atomic mass is 9.92. The van der Waals surface area contributed by atoms with Crippen molar-refractivity contribution in [2.24, 2.45) is 10.9 Å². The summed E-state index contributed by atoms with van der Waals surface area (Å²) in [5.74, 6) is 1.30. The van der Waals surface area contributed by atoms with Crippen LogP contribution in [-0.2, 0) is 4.79 Å². The maximum atomic E-state index is 11.9. The monoisotopic (exact) mass is 237 g/mol. The molecule has 2 rings (SSSR count). The molecule has 0 radical (unpaired) electrons. The summed E-state index contributed by atoms with van der Waals surface area (Å²) in [6.45, 7) is 2.86. The predicted octanol–water partition coefficient (Wildman–Crippen LogP) is 1.81. The van der Waals surface area contributed by atoms with E-state index in [-0.39, 0.29) is 11.9 Å². The third-order valence-electron chi connectivity index (χ3n) is 3.68. The van der Waals surface area contributed by atoms with Gasteiger partial charge in [0.25, 0.3) is 0 Å². The summed E-state index contributed by atoms with van der Waals surface area (Å²) in [5.41, 5.74) is 0. The maximum Gasteiger partial charge on any atom is 0.249 e. The van der Waals surface area contributed by atoms with Gasteiger partial charge in [0.05, 0.1) is 0 Å². The smallest absolute Gasteiger partial charge is 0.249 e. The zero-order valence-electron chi connectivity index (χ0n) is 10.7. The fourth-order valence-corrected chi connectivity index (χ4v) is 2.73. The van der Waals surface area contributed by atoms with E-state index in [0.717, 1.165) is 13.0 Å². The highest BCUT2D eigenvalue weighted by atomic mass is 16.2. The Morgan fingerprint density at radius 1 is 1.24 bits per heavy atom. The second-order valence-corrected chi connectivity index (χ2v) is 5.09. The number of carbonyl (C=O) groups excluding carboxylic acids is 1. The summed E-state index contributed by atoms with van der Waals surface area (Å²) >= 11 is 0.